The Morgan fingerprint density at radius 1 is 1.26 bits per heavy atom. The number of carbonyl (C=O) groups is 1. The number of hydrogen-bond acceptors (Lipinski definition) is 4. The molecule has 1 saturated heterocycles. The van der Waals surface area contributed by atoms with E-state index in [9.17, 15) is 9.18 Å². The molecule has 5 nitrogen and oxygen atoms in total. The van der Waals surface area contributed by atoms with Crippen molar-refractivity contribution in [2.75, 3.05) is 6.54 Å². The van der Waals surface area contributed by atoms with Gasteiger partial charge in [-0.15, -0.1) is 0 Å². The number of carbonyl (C=O) groups excluding carboxylic acids is 1. The number of rotatable bonds is 6. The van der Waals surface area contributed by atoms with Crippen molar-refractivity contribution in [1.82, 2.24) is 15.4 Å². The van der Waals surface area contributed by atoms with Crippen molar-refractivity contribution in [3.05, 3.63) is 41.8 Å². The Labute approximate surface area is 159 Å². The predicted molar refractivity (Wildman–Crippen MR) is 102 cm³/mol. The number of halogens is 1. The van der Waals surface area contributed by atoms with Crippen LogP contribution in [0.1, 0.15) is 39.8 Å². The van der Waals surface area contributed by atoms with E-state index in [1.807, 2.05) is 6.07 Å². The second-order valence-corrected chi connectivity index (χ2v) is 8.12. The highest BCUT2D eigenvalue weighted by Gasteiger charge is 2.36. The molecule has 27 heavy (non-hydrogen) atoms. The molecule has 0 aliphatic carbocycles. The van der Waals surface area contributed by atoms with Crippen molar-refractivity contribution in [1.29, 1.82) is 0 Å². The molecule has 1 fully saturated rings. The summed E-state index contributed by atoms with van der Waals surface area (Å²) in [7, 11) is 0. The van der Waals surface area contributed by atoms with Gasteiger partial charge in [-0.1, -0.05) is 32.9 Å². The van der Waals surface area contributed by atoms with Crippen LogP contribution in [0.4, 0.5) is 4.39 Å². The Bertz CT molecular complexity index is 770. The fraction of sp³-hybridized carbons (Fsp3) is 0.524. The summed E-state index contributed by atoms with van der Waals surface area (Å²) in [6.07, 6.45) is 0.805. The Balaban J connectivity index is 1.78. The molecule has 3 rings (SSSR count). The molecule has 1 aromatic heterocycles. The number of benzene rings is 1. The van der Waals surface area contributed by atoms with Gasteiger partial charge in [-0.05, 0) is 42.5 Å². The van der Waals surface area contributed by atoms with Crippen molar-refractivity contribution in [3.8, 4) is 11.3 Å². The van der Waals surface area contributed by atoms with Crippen LogP contribution in [0.3, 0.4) is 0 Å². The Morgan fingerprint density at radius 3 is 2.59 bits per heavy atom. The van der Waals surface area contributed by atoms with E-state index in [4.69, 9.17) is 4.52 Å². The maximum absolute atomic E-state index is 13.1. The highest BCUT2D eigenvalue weighted by Crippen LogP contribution is 2.24. The Kier molecular flexibility index (Phi) is 5.95. The topological polar surface area (TPSA) is 58.4 Å². The van der Waals surface area contributed by atoms with Crippen LogP contribution >= 0.6 is 0 Å². The first kappa shape index (κ1) is 19.5. The van der Waals surface area contributed by atoms with Gasteiger partial charge >= 0.3 is 0 Å². The van der Waals surface area contributed by atoms with Crippen molar-refractivity contribution in [2.45, 2.75) is 52.7 Å². The molecule has 1 aromatic carbocycles. The average Bonchev–Trinajstić information content (AvgIpc) is 3.06. The van der Waals surface area contributed by atoms with Gasteiger partial charge in [0.1, 0.15) is 5.82 Å². The van der Waals surface area contributed by atoms with Gasteiger partial charge < -0.3 is 9.84 Å². The molecule has 146 valence electrons. The molecule has 6 heteroatoms. The van der Waals surface area contributed by atoms with Crippen LogP contribution in [0.5, 0.6) is 0 Å². The van der Waals surface area contributed by atoms with Crippen LogP contribution in [0.25, 0.3) is 11.3 Å². The fourth-order valence-corrected chi connectivity index (χ4v) is 3.47. The molecule has 0 bridgehead atoms. The lowest BCUT2D eigenvalue weighted by molar-refractivity contribution is -0.132. The minimum Gasteiger partial charge on any atom is -0.356 e. The summed E-state index contributed by atoms with van der Waals surface area (Å²) in [6.45, 7) is 9.84. The summed E-state index contributed by atoms with van der Waals surface area (Å²) in [4.78, 5) is 14.9. The van der Waals surface area contributed by atoms with Crippen molar-refractivity contribution in [3.63, 3.8) is 0 Å². The average molecular weight is 373 g/mol. The van der Waals surface area contributed by atoms with Gasteiger partial charge in [-0.2, -0.15) is 0 Å². The smallest absolute Gasteiger partial charge is 0.237 e. The lowest BCUT2D eigenvalue weighted by Gasteiger charge is -2.41. The fourth-order valence-electron chi connectivity index (χ4n) is 3.47. The zero-order valence-corrected chi connectivity index (χ0v) is 16.4. The SMILES string of the molecule is CC(C)C[C@H]1C(=O)N[C@@H](C(C)C)CN1Cc1cc(-c2ccc(F)cc2)on1. The number of aromatic nitrogens is 1. The van der Waals surface area contributed by atoms with E-state index < -0.39 is 0 Å². The lowest BCUT2D eigenvalue weighted by Crippen LogP contribution is -2.61. The molecule has 1 amide bonds. The van der Waals surface area contributed by atoms with Gasteiger partial charge in [0.15, 0.2) is 5.76 Å². The molecule has 0 unspecified atom stereocenters. The van der Waals surface area contributed by atoms with E-state index in [-0.39, 0.29) is 23.8 Å². The maximum Gasteiger partial charge on any atom is 0.237 e. The van der Waals surface area contributed by atoms with Gasteiger partial charge in [0.05, 0.1) is 11.7 Å². The van der Waals surface area contributed by atoms with E-state index in [2.05, 4.69) is 43.1 Å². The van der Waals surface area contributed by atoms with E-state index in [0.29, 0.717) is 24.1 Å². The van der Waals surface area contributed by atoms with Crippen molar-refractivity contribution < 1.29 is 13.7 Å². The molecule has 1 aliphatic rings. The van der Waals surface area contributed by atoms with E-state index in [0.717, 1.165) is 24.2 Å². The van der Waals surface area contributed by atoms with Crippen LogP contribution < -0.4 is 5.32 Å². The second-order valence-electron chi connectivity index (χ2n) is 8.12. The standard InChI is InChI=1S/C21H28FN3O2/c1-13(2)9-19-21(26)23-18(14(3)4)12-25(19)11-17-10-20(27-24-17)15-5-7-16(22)8-6-15/h5-8,10,13-14,18-19H,9,11-12H2,1-4H3,(H,23,26)/t18-,19+/m1/s1. The number of hydrogen-bond donors (Lipinski definition) is 1. The van der Waals surface area contributed by atoms with E-state index >= 15 is 0 Å². The molecule has 1 aliphatic heterocycles. The second kappa shape index (κ2) is 8.21. The summed E-state index contributed by atoms with van der Waals surface area (Å²) in [5, 5.41) is 7.34. The van der Waals surface area contributed by atoms with E-state index in [1.54, 1.807) is 12.1 Å². The van der Waals surface area contributed by atoms with Crippen LogP contribution in [-0.4, -0.2) is 34.6 Å². The number of nitrogens with zero attached hydrogens (tertiary/aromatic N) is 2. The lowest BCUT2D eigenvalue weighted by atomic mass is 9.94. The normalized spacial score (nSPS) is 21.1. The molecule has 2 aromatic rings. The first-order chi connectivity index (χ1) is 12.8. The minimum absolute atomic E-state index is 0.0934. The van der Waals surface area contributed by atoms with E-state index in [1.165, 1.54) is 12.1 Å². The minimum atomic E-state index is -0.283. The zero-order chi connectivity index (χ0) is 19.6. The third-order valence-electron chi connectivity index (χ3n) is 5.05. The molecular weight excluding hydrogens is 345 g/mol. The number of amides is 1. The molecule has 2 heterocycles. The van der Waals surface area contributed by atoms with Gasteiger partial charge in [0.2, 0.25) is 5.91 Å². The molecule has 2 atom stereocenters. The molecule has 0 spiro atoms. The third-order valence-corrected chi connectivity index (χ3v) is 5.05. The van der Waals surface area contributed by atoms with Gasteiger partial charge in [0, 0.05) is 30.8 Å². The van der Waals surface area contributed by atoms with Gasteiger partial charge in [-0.25, -0.2) is 4.39 Å². The van der Waals surface area contributed by atoms with Crippen LogP contribution in [-0.2, 0) is 11.3 Å². The largest absolute Gasteiger partial charge is 0.356 e. The van der Waals surface area contributed by atoms with Crippen molar-refractivity contribution in [2.24, 2.45) is 11.8 Å². The summed E-state index contributed by atoms with van der Waals surface area (Å²) in [5.74, 6) is 1.20. The molecule has 0 saturated carbocycles. The third kappa shape index (κ3) is 4.75. The number of nitrogens with one attached hydrogen (secondary N) is 1. The monoisotopic (exact) mass is 373 g/mol. The van der Waals surface area contributed by atoms with Crippen molar-refractivity contribution >= 4 is 5.91 Å². The predicted octanol–water partition coefficient (Wildman–Crippen LogP) is 3.85. The van der Waals surface area contributed by atoms with Crippen LogP contribution in [0.2, 0.25) is 0 Å². The Hall–Kier alpha value is -2.21. The molecular formula is C21H28FN3O2. The molecule has 0 radical (unpaired) electrons. The highest BCUT2D eigenvalue weighted by molar-refractivity contribution is 5.83. The zero-order valence-electron chi connectivity index (χ0n) is 16.4. The summed E-state index contributed by atoms with van der Waals surface area (Å²) in [5.41, 5.74) is 1.56. The summed E-state index contributed by atoms with van der Waals surface area (Å²) < 4.78 is 18.6. The summed E-state index contributed by atoms with van der Waals surface area (Å²) in [6, 6.07) is 7.98. The summed E-state index contributed by atoms with van der Waals surface area (Å²) >= 11 is 0. The van der Waals surface area contributed by atoms with Crippen LogP contribution in [0, 0.1) is 17.7 Å². The first-order valence-corrected chi connectivity index (χ1v) is 9.59. The Morgan fingerprint density at radius 2 is 1.96 bits per heavy atom. The van der Waals surface area contributed by atoms with Gasteiger partial charge in [-0.3, -0.25) is 9.69 Å². The highest BCUT2D eigenvalue weighted by atomic mass is 19.1. The van der Waals surface area contributed by atoms with Gasteiger partial charge in [0.25, 0.3) is 0 Å². The quantitative estimate of drug-likeness (QED) is 0.836. The number of piperazine rings is 1. The first-order valence-electron chi connectivity index (χ1n) is 9.59. The molecule has 1 N–H and O–H groups in total. The maximum atomic E-state index is 13.1. The van der Waals surface area contributed by atoms with Crippen LogP contribution in [0.15, 0.2) is 34.9 Å².